The smallest absolute Gasteiger partial charge is 0.310 e. The van der Waals surface area contributed by atoms with E-state index < -0.39 is 22.6 Å². The van der Waals surface area contributed by atoms with Gasteiger partial charge in [-0.3, -0.25) is 19.7 Å². The number of likely N-dealkylation sites (tertiary alicyclic amines) is 1. The number of piperidine rings is 1. The molecule has 1 amide bonds. The number of nitro groups is 1. The van der Waals surface area contributed by atoms with E-state index in [0.29, 0.717) is 25.1 Å². The molecule has 0 radical (unpaired) electrons. The Labute approximate surface area is 194 Å². The van der Waals surface area contributed by atoms with Crippen molar-refractivity contribution >= 4 is 17.6 Å². The summed E-state index contributed by atoms with van der Waals surface area (Å²) in [5.41, 5.74) is 0.650. The van der Waals surface area contributed by atoms with Crippen LogP contribution in [0, 0.1) is 21.8 Å². The number of carbonyl (C=O) groups is 2. The van der Waals surface area contributed by atoms with E-state index in [9.17, 15) is 24.1 Å². The zero-order valence-electron chi connectivity index (χ0n) is 18.5. The fraction of sp³-hybridized carbons (Fsp3) is 0.292. The minimum Gasteiger partial charge on any atom is -0.466 e. The Morgan fingerprint density at radius 2 is 2.00 bits per heavy atom. The van der Waals surface area contributed by atoms with Gasteiger partial charge in [0.15, 0.2) is 0 Å². The Hall–Kier alpha value is -4.08. The Morgan fingerprint density at radius 1 is 1.21 bits per heavy atom. The van der Waals surface area contributed by atoms with Crippen molar-refractivity contribution < 1.29 is 23.6 Å². The number of ether oxygens (including phenoxy) is 1. The first kappa shape index (κ1) is 23.1. The maximum Gasteiger partial charge on any atom is 0.310 e. The first-order chi connectivity index (χ1) is 16.4. The van der Waals surface area contributed by atoms with Crippen molar-refractivity contribution in [1.82, 2.24) is 14.7 Å². The van der Waals surface area contributed by atoms with Crippen molar-refractivity contribution in [2.24, 2.45) is 5.92 Å². The Kier molecular flexibility index (Phi) is 6.67. The van der Waals surface area contributed by atoms with Crippen LogP contribution in [-0.4, -0.2) is 51.2 Å². The van der Waals surface area contributed by atoms with Gasteiger partial charge in [-0.1, -0.05) is 18.2 Å². The molecule has 1 aliphatic heterocycles. The maximum atomic E-state index is 14.5. The van der Waals surface area contributed by atoms with E-state index in [1.54, 1.807) is 36.1 Å². The number of amides is 1. The predicted molar refractivity (Wildman–Crippen MR) is 121 cm³/mol. The molecule has 1 aromatic heterocycles. The summed E-state index contributed by atoms with van der Waals surface area (Å²) in [6.45, 7) is 2.61. The summed E-state index contributed by atoms with van der Waals surface area (Å²) >= 11 is 0. The van der Waals surface area contributed by atoms with Crippen molar-refractivity contribution in [3.63, 3.8) is 0 Å². The summed E-state index contributed by atoms with van der Waals surface area (Å²) in [5, 5.41) is 15.7. The third-order valence-electron chi connectivity index (χ3n) is 5.69. The molecular weight excluding hydrogens is 443 g/mol. The first-order valence-electron chi connectivity index (χ1n) is 10.9. The summed E-state index contributed by atoms with van der Waals surface area (Å²) in [7, 11) is 0. The van der Waals surface area contributed by atoms with Crippen LogP contribution < -0.4 is 0 Å². The van der Waals surface area contributed by atoms with Gasteiger partial charge in [-0.15, -0.1) is 0 Å². The van der Waals surface area contributed by atoms with Gasteiger partial charge in [-0.2, -0.15) is 5.10 Å². The van der Waals surface area contributed by atoms with Crippen LogP contribution in [-0.2, 0) is 9.53 Å². The number of hydrogen-bond acceptors (Lipinski definition) is 6. The lowest BCUT2D eigenvalue weighted by molar-refractivity contribution is -0.384. The van der Waals surface area contributed by atoms with Gasteiger partial charge in [0.2, 0.25) is 0 Å². The van der Waals surface area contributed by atoms with E-state index in [2.05, 4.69) is 5.10 Å². The molecule has 3 aromatic rings. The summed E-state index contributed by atoms with van der Waals surface area (Å²) in [4.78, 5) is 38.1. The molecule has 0 spiro atoms. The molecule has 1 atom stereocenters. The molecule has 0 saturated carbocycles. The molecule has 1 unspecified atom stereocenters. The molecule has 10 heteroatoms. The van der Waals surface area contributed by atoms with Crippen LogP contribution in [0.5, 0.6) is 0 Å². The second kappa shape index (κ2) is 9.82. The summed E-state index contributed by atoms with van der Waals surface area (Å²) in [6.07, 6.45) is 1.24. The van der Waals surface area contributed by atoms with Gasteiger partial charge in [0.25, 0.3) is 11.6 Å². The highest BCUT2D eigenvalue weighted by Crippen LogP contribution is 2.27. The number of hydrogen-bond donors (Lipinski definition) is 0. The average Bonchev–Trinajstić information content (AvgIpc) is 3.29. The zero-order chi connectivity index (χ0) is 24.2. The SMILES string of the molecule is CCOC(=O)C1CCCN(C(=O)c2cc(-c3ccccc3F)nn2-c2cccc([N+](=O)[O-])c2)C1. The Bertz CT molecular complexity index is 1240. The normalized spacial score (nSPS) is 15.7. The Balaban J connectivity index is 1.75. The lowest BCUT2D eigenvalue weighted by atomic mass is 9.98. The van der Waals surface area contributed by atoms with E-state index in [-0.39, 0.29) is 41.8 Å². The number of non-ortho nitro benzene ring substituents is 1. The minimum absolute atomic E-state index is 0.114. The molecule has 176 valence electrons. The highest BCUT2D eigenvalue weighted by molar-refractivity contribution is 5.95. The van der Waals surface area contributed by atoms with Crippen molar-refractivity contribution in [2.45, 2.75) is 19.8 Å². The van der Waals surface area contributed by atoms with Crippen molar-refractivity contribution in [2.75, 3.05) is 19.7 Å². The number of rotatable bonds is 6. The van der Waals surface area contributed by atoms with E-state index in [0.717, 1.165) is 0 Å². The molecule has 4 rings (SSSR count). The molecule has 2 aromatic carbocycles. The quantitative estimate of drug-likeness (QED) is 0.309. The van der Waals surface area contributed by atoms with E-state index in [4.69, 9.17) is 4.74 Å². The maximum absolute atomic E-state index is 14.5. The second-order valence-corrected chi connectivity index (χ2v) is 7.93. The molecule has 9 nitrogen and oxygen atoms in total. The van der Waals surface area contributed by atoms with Crippen LogP contribution in [0.1, 0.15) is 30.3 Å². The molecular formula is C24H23FN4O5. The van der Waals surface area contributed by atoms with Crippen LogP contribution in [0.4, 0.5) is 10.1 Å². The monoisotopic (exact) mass is 466 g/mol. The summed E-state index contributed by atoms with van der Waals surface area (Å²) in [5.74, 6) is -1.70. The Morgan fingerprint density at radius 3 is 2.74 bits per heavy atom. The van der Waals surface area contributed by atoms with Gasteiger partial charge in [0.1, 0.15) is 11.5 Å². The van der Waals surface area contributed by atoms with Crippen LogP contribution in [0.25, 0.3) is 16.9 Å². The second-order valence-electron chi connectivity index (χ2n) is 7.93. The molecule has 0 bridgehead atoms. The molecule has 34 heavy (non-hydrogen) atoms. The number of esters is 1. The number of carbonyl (C=O) groups excluding carboxylic acids is 2. The van der Waals surface area contributed by atoms with Gasteiger partial charge in [-0.25, -0.2) is 9.07 Å². The van der Waals surface area contributed by atoms with Crippen LogP contribution in [0.15, 0.2) is 54.6 Å². The highest BCUT2D eigenvalue weighted by atomic mass is 19.1. The fourth-order valence-corrected chi connectivity index (χ4v) is 4.05. The largest absolute Gasteiger partial charge is 0.466 e. The van der Waals surface area contributed by atoms with Gasteiger partial charge in [-0.05, 0) is 44.0 Å². The third kappa shape index (κ3) is 4.66. The van der Waals surface area contributed by atoms with Gasteiger partial charge >= 0.3 is 5.97 Å². The van der Waals surface area contributed by atoms with E-state index in [1.807, 2.05) is 0 Å². The minimum atomic E-state index is -0.541. The van der Waals surface area contributed by atoms with Gasteiger partial charge < -0.3 is 9.64 Å². The molecule has 2 heterocycles. The van der Waals surface area contributed by atoms with Crippen LogP contribution in [0.3, 0.4) is 0 Å². The number of benzene rings is 2. The molecule has 1 fully saturated rings. The lowest BCUT2D eigenvalue weighted by Crippen LogP contribution is -2.43. The molecule has 0 N–H and O–H groups in total. The fourth-order valence-electron chi connectivity index (χ4n) is 4.05. The van der Waals surface area contributed by atoms with Gasteiger partial charge in [0.05, 0.1) is 28.8 Å². The van der Waals surface area contributed by atoms with Crippen LogP contribution >= 0.6 is 0 Å². The van der Waals surface area contributed by atoms with Gasteiger partial charge in [0, 0.05) is 30.8 Å². The third-order valence-corrected chi connectivity index (χ3v) is 5.69. The topological polar surface area (TPSA) is 108 Å². The average molecular weight is 466 g/mol. The molecule has 1 saturated heterocycles. The molecule has 0 aliphatic carbocycles. The van der Waals surface area contributed by atoms with Crippen molar-refractivity contribution in [3.05, 3.63) is 76.2 Å². The van der Waals surface area contributed by atoms with E-state index >= 15 is 0 Å². The first-order valence-corrected chi connectivity index (χ1v) is 10.9. The summed E-state index contributed by atoms with van der Waals surface area (Å²) in [6, 6.07) is 13.2. The number of aromatic nitrogens is 2. The zero-order valence-corrected chi connectivity index (χ0v) is 18.5. The number of nitrogens with zero attached hydrogens (tertiary/aromatic N) is 4. The molecule has 1 aliphatic rings. The number of nitro benzene ring substituents is 1. The van der Waals surface area contributed by atoms with E-state index in [1.165, 1.54) is 35.0 Å². The summed E-state index contributed by atoms with van der Waals surface area (Å²) < 4.78 is 20.9. The predicted octanol–water partition coefficient (Wildman–Crippen LogP) is 4.00. The lowest BCUT2D eigenvalue weighted by Gasteiger charge is -2.31. The number of halogens is 1. The highest BCUT2D eigenvalue weighted by Gasteiger charge is 2.32. The van der Waals surface area contributed by atoms with Crippen LogP contribution in [0.2, 0.25) is 0 Å². The standard InChI is InChI=1S/C24H23FN4O5/c1-2-34-24(31)16-7-6-12-27(15-16)23(30)22-14-21(19-10-3-4-11-20(19)25)26-28(22)17-8-5-9-18(13-17)29(32)33/h3-5,8-11,13-14,16H,2,6-7,12,15H2,1H3. The van der Waals surface area contributed by atoms with Crippen molar-refractivity contribution in [1.29, 1.82) is 0 Å². The van der Waals surface area contributed by atoms with Crippen molar-refractivity contribution in [3.8, 4) is 16.9 Å².